The first-order valence-corrected chi connectivity index (χ1v) is 9.95. The third-order valence-corrected chi connectivity index (χ3v) is 5.21. The van der Waals surface area contributed by atoms with Crippen molar-refractivity contribution >= 4 is 23.3 Å². The van der Waals surface area contributed by atoms with Crippen molar-refractivity contribution in [3.63, 3.8) is 0 Å². The number of rotatable bonds is 5. The molecule has 4 rings (SSSR count). The van der Waals surface area contributed by atoms with Crippen LogP contribution >= 0.6 is 0 Å². The molecule has 0 bridgehead atoms. The highest BCUT2D eigenvalue weighted by Gasteiger charge is 2.25. The van der Waals surface area contributed by atoms with Gasteiger partial charge in [-0.05, 0) is 31.5 Å². The number of anilines is 4. The van der Waals surface area contributed by atoms with Crippen LogP contribution in [0.2, 0.25) is 0 Å². The van der Waals surface area contributed by atoms with Crippen LogP contribution in [0, 0.1) is 13.8 Å². The molecule has 29 heavy (non-hydrogen) atoms. The maximum absolute atomic E-state index is 6.00. The predicted molar refractivity (Wildman–Crippen MR) is 118 cm³/mol. The van der Waals surface area contributed by atoms with Crippen molar-refractivity contribution in [3.8, 4) is 0 Å². The van der Waals surface area contributed by atoms with Crippen LogP contribution in [0.15, 0.2) is 54.6 Å². The Kier molecular flexibility index (Phi) is 5.62. The van der Waals surface area contributed by atoms with Gasteiger partial charge in [0, 0.05) is 24.8 Å². The molecule has 0 saturated carbocycles. The lowest BCUT2D eigenvalue weighted by atomic mass is 10.1. The second-order valence-corrected chi connectivity index (χ2v) is 7.30. The van der Waals surface area contributed by atoms with Gasteiger partial charge in [0.15, 0.2) is 0 Å². The van der Waals surface area contributed by atoms with E-state index in [0.717, 1.165) is 36.0 Å². The Morgan fingerprint density at radius 1 is 0.966 bits per heavy atom. The molecule has 3 aromatic rings. The maximum atomic E-state index is 6.00. The van der Waals surface area contributed by atoms with Gasteiger partial charge in [-0.25, -0.2) is 0 Å². The van der Waals surface area contributed by atoms with Gasteiger partial charge in [-0.3, -0.25) is 0 Å². The van der Waals surface area contributed by atoms with Crippen LogP contribution in [0.5, 0.6) is 0 Å². The molecule has 0 amide bonds. The molecule has 1 fully saturated rings. The highest BCUT2D eigenvalue weighted by atomic mass is 16.5. The zero-order chi connectivity index (χ0) is 20.2. The van der Waals surface area contributed by atoms with Gasteiger partial charge in [-0.15, -0.1) is 0 Å². The van der Waals surface area contributed by atoms with Gasteiger partial charge in [0.25, 0.3) is 0 Å². The van der Waals surface area contributed by atoms with Crippen molar-refractivity contribution in [2.45, 2.75) is 20.0 Å². The summed E-state index contributed by atoms with van der Waals surface area (Å²) >= 11 is 0. The monoisotopic (exact) mass is 389 g/mol. The molecule has 1 aliphatic heterocycles. The smallest absolute Gasteiger partial charge is 0.229 e. The average Bonchev–Trinajstić information content (AvgIpc) is 2.77. The number of nitrogens with one attached hydrogen (secondary N) is 2. The molecule has 6 nitrogen and oxygen atoms in total. The van der Waals surface area contributed by atoms with Crippen molar-refractivity contribution in [1.29, 1.82) is 0 Å². The van der Waals surface area contributed by atoms with E-state index in [4.69, 9.17) is 14.7 Å². The van der Waals surface area contributed by atoms with Crippen LogP contribution < -0.4 is 15.5 Å². The minimum Gasteiger partial charge on any atom is -0.373 e. The van der Waals surface area contributed by atoms with Crippen LogP contribution in [0.1, 0.15) is 22.8 Å². The Labute approximate surface area is 172 Å². The summed E-state index contributed by atoms with van der Waals surface area (Å²) in [4.78, 5) is 11.8. The first kappa shape index (κ1) is 19.2. The van der Waals surface area contributed by atoms with E-state index >= 15 is 0 Å². The lowest BCUT2D eigenvalue weighted by Gasteiger charge is -2.33. The van der Waals surface area contributed by atoms with Crippen LogP contribution in [-0.4, -0.2) is 36.7 Å². The first-order chi connectivity index (χ1) is 14.1. The lowest BCUT2D eigenvalue weighted by Crippen LogP contribution is -2.39. The minimum atomic E-state index is 0.0152. The average molecular weight is 390 g/mol. The fourth-order valence-electron chi connectivity index (χ4n) is 3.49. The molecule has 1 saturated heterocycles. The fourth-order valence-corrected chi connectivity index (χ4v) is 3.49. The zero-order valence-electron chi connectivity index (χ0n) is 17.1. The molecule has 1 atom stereocenters. The Hall–Kier alpha value is -3.12. The molecule has 2 aromatic carbocycles. The quantitative estimate of drug-likeness (QED) is 0.672. The Balaban J connectivity index is 1.62. The number of benzene rings is 2. The number of nitrogens with zero attached hydrogens (tertiary/aromatic N) is 3. The van der Waals surface area contributed by atoms with E-state index in [1.165, 1.54) is 11.1 Å². The zero-order valence-corrected chi connectivity index (χ0v) is 17.1. The molecule has 150 valence electrons. The Morgan fingerprint density at radius 3 is 2.41 bits per heavy atom. The van der Waals surface area contributed by atoms with Crippen LogP contribution in [0.25, 0.3) is 0 Å². The maximum Gasteiger partial charge on any atom is 0.229 e. The normalized spacial score (nSPS) is 16.5. The van der Waals surface area contributed by atoms with E-state index < -0.39 is 0 Å². The molecular formula is C23H27N5O. The summed E-state index contributed by atoms with van der Waals surface area (Å²) in [6, 6.07) is 18.6. The minimum absolute atomic E-state index is 0.0152. The van der Waals surface area contributed by atoms with Gasteiger partial charge >= 0.3 is 0 Å². The fraction of sp³-hybridized carbons (Fsp3) is 0.304. The third-order valence-electron chi connectivity index (χ3n) is 5.21. The van der Waals surface area contributed by atoms with Crippen LogP contribution in [-0.2, 0) is 4.74 Å². The van der Waals surface area contributed by atoms with Gasteiger partial charge in [0.1, 0.15) is 17.7 Å². The molecule has 1 aromatic heterocycles. The molecule has 1 aliphatic rings. The highest BCUT2D eigenvalue weighted by molar-refractivity contribution is 5.67. The largest absolute Gasteiger partial charge is 0.373 e. The number of ether oxygens (including phenoxy) is 1. The molecule has 2 N–H and O–H groups in total. The number of aryl methyl sites for hydroxylation is 1. The van der Waals surface area contributed by atoms with Crippen molar-refractivity contribution in [2.24, 2.45) is 0 Å². The summed E-state index contributed by atoms with van der Waals surface area (Å²) in [6.45, 7) is 6.24. The first-order valence-electron chi connectivity index (χ1n) is 9.95. The highest BCUT2D eigenvalue weighted by Crippen LogP contribution is 2.29. The number of hydrogen-bond donors (Lipinski definition) is 2. The van der Waals surface area contributed by atoms with Gasteiger partial charge in [-0.2, -0.15) is 9.97 Å². The molecule has 0 aliphatic carbocycles. The number of hydrogen-bond acceptors (Lipinski definition) is 6. The van der Waals surface area contributed by atoms with Gasteiger partial charge in [-0.1, -0.05) is 48.0 Å². The second kappa shape index (κ2) is 8.49. The summed E-state index contributed by atoms with van der Waals surface area (Å²) in [5.74, 6) is 2.34. The van der Waals surface area contributed by atoms with Crippen molar-refractivity contribution in [3.05, 3.63) is 71.3 Å². The summed E-state index contributed by atoms with van der Waals surface area (Å²) in [7, 11) is 1.89. The summed E-state index contributed by atoms with van der Waals surface area (Å²) in [5, 5.41) is 6.65. The topological polar surface area (TPSA) is 62.3 Å². The van der Waals surface area contributed by atoms with E-state index in [9.17, 15) is 0 Å². The molecule has 1 unspecified atom stereocenters. The molecule has 0 spiro atoms. The van der Waals surface area contributed by atoms with E-state index in [-0.39, 0.29) is 6.10 Å². The standard InChI is InChI=1S/C23H27N5O/c1-16-9-11-19(12-10-16)25-22-17(2)21(24-3)26-23(27-22)28-13-14-29-20(15-28)18-7-5-4-6-8-18/h4-12,20H,13-15H2,1-3H3,(H2,24,25,26,27). The molecule has 2 heterocycles. The van der Waals surface area contributed by atoms with E-state index in [0.29, 0.717) is 12.6 Å². The number of morpholine rings is 1. The van der Waals surface area contributed by atoms with Crippen molar-refractivity contribution < 1.29 is 4.74 Å². The predicted octanol–water partition coefficient (Wildman–Crippen LogP) is 4.46. The molecular weight excluding hydrogens is 362 g/mol. The van der Waals surface area contributed by atoms with E-state index in [1.54, 1.807) is 0 Å². The number of aromatic nitrogens is 2. The van der Waals surface area contributed by atoms with Crippen LogP contribution in [0.3, 0.4) is 0 Å². The SMILES string of the molecule is CNc1nc(N2CCOC(c3ccccc3)C2)nc(Nc2ccc(C)cc2)c1C. The van der Waals surface area contributed by atoms with Crippen molar-refractivity contribution in [2.75, 3.05) is 42.3 Å². The van der Waals surface area contributed by atoms with E-state index in [1.807, 2.05) is 32.2 Å². The second-order valence-electron chi connectivity index (χ2n) is 7.30. The third kappa shape index (κ3) is 4.32. The van der Waals surface area contributed by atoms with Crippen molar-refractivity contribution in [1.82, 2.24) is 9.97 Å². The Morgan fingerprint density at radius 2 is 1.69 bits per heavy atom. The summed E-state index contributed by atoms with van der Waals surface area (Å²) in [5.41, 5.74) is 4.40. The summed E-state index contributed by atoms with van der Waals surface area (Å²) < 4.78 is 6.00. The van der Waals surface area contributed by atoms with Crippen LogP contribution in [0.4, 0.5) is 23.3 Å². The van der Waals surface area contributed by atoms with E-state index in [2.05, 4.69) is 58.9 Å². The molecule has 6 heteroatoms. The summed E-state index contributed by atoms with van der Waals surface area (Å²) in [6.07, 6.45) is 0.0152. The van der Waals surface area contributed by atoms with Gasteiger partial charge < -0.3 is 20.3 Å². The van der Waals surface area contributed by atoms with Gasteiger partial charge in [0.05, 0.1) is 13.2 Å². The van der Waals surface area contributed by atoms with Gasteiger partial charge in [0.2, 0.25) is 5.95 Å². The molecule has 0 radical (unpaired) electrons. The Bertz CT molecular complexity index is 959. The lowest BCUT2D eigenvalue weighted by molar-refractivity contribution is 0.0392.